The quantitative estimate of drug-likeness (QED) is 0.490. The molecule has 0 bridgehead atoms. The SMILES string of the molecule is BOC(=O)[C@@H]1N2C(=O)CC2S(=O)(=O)[C@@]1(C)Cn1cnc(C)c1. The van der Waals surface area contributed by atoms with Gasteiger partial charge in [0.25, 0.3) is 0 Å². The Morgan fingerprint density at radius 1 is 1.59 bits per heavy atom. The van der Waals surface area contributed by atoms with Crippen molar-refractivity contribution < 1.29 is 22.7 Å². The summed E-state index contributed by atoms with van der Waals surface area (Å²) in [7, 11) is -2.51. The van der Waals surface area contributed by atoms with Crippen molar-refractivity contribution in [2.75, 3.05) is 0 Å². The molecular formula is C12H16BN3O5S. The normalized spacial score (nSPS) is 32.5. The van der Waals surface area contributed by atoms with Gasteiger partial charge in [-0.05, 0) is 13.8 Å². The van der Waals surface area contributed by atoms with Gasteiger partial charge in [0.2, 0.25) is 5.91 Å². The second kappa shape index (κ2) is 4.58. The first-order valence-corrected chi connectivity index (χ1v) is 8.38. The van der Waals surface area contributed by atoms with Gasteiger partial charge in [-0.3, -0.25) is 9.59 Å². The molecule has 1 aromatic heterocycles. The zero-order valence-electron chi connectivity index (χ0n) is 12.5. The summed E-state index contributed by atoms with van der Waals surface area (Å²) in [5, 5.41) is -0.932. The molecule has 0 radical (unpaired) electrons. The molecule has 1 unspecified atom stereocenters. The molecule has 1 amide bonds. The van der Waals surface area contributed by atoms with Gasteiger partial charge in [-0.2, -0.15) is 0 Å². The molecule has 0 saturated carbocycles. The van der Waals surface area contributed by atoms with Gasteiger partial charge in [-0.25, -0.2) is 13.4 Å². The molecule has 2 saturated heterocycles. The molecule has 10 heteroatoms. The minimum atomic E-state index is -3.70. The molecule has 118 valence electrons. The second-order valence-electron chi connectivity index (χ2n) is 5.93. The Labute approximate surface area is 128 Å². The number of nitrogens with zero attached hydrogens (tertiary/aromatic N) is 3. The standard InChI is InChI=1S/C12H16BN3O5S/c1-7-4-15(6-14-7)5-12(2)10(11(18)21-13)16-8(17)3-9(16)22(12,19)20/h4,6,9-10H,3,5,13H2,1-2H3/t9?,10-,12-/m0/s1. The maximum atomic E-state index is 12.8. The average Bonchev–Trinajstić information content (AvgIpc) is 2.89. The van der Waals surface area contributed by atoms with Gasteiger partial charge in [0.15, 0.2) is 9.84 Å². The summed E-state index contributed by atoms with van der Waals surface area (Å²) in [6.07, 6.45) is 3.14. The number of aryl methyl sites for hydroxylation is 1. The molecule has 8 nitrogen and oxygen atoms in total. The third-order valence-electron chi connectivity index (χ3n) is 4.50. The molecule has 22 heavy (non-hydrogen) atoms. The van der Waals surface area contributed by atoms with Crippen LogP contribution < -0.4 is 0 Å². The molecule has 2 aliphatic rings. The maximum absolute atomic E-state index is 12.8. The molecule has 0 aliphatic carbocycles. The van der Waals surface area contributed by atoms with Gasteiger partial charge >= 0.3 is 14.0 Å². The highest BCUT2D eigenvalue weighted by Gasteiger charge is 2.70. The van der Waals surface area contributed by atoms with E-state index in [0.29, 0.717) is 0 Å². The van der Waals surface area contributed by atoms with Crippen LogP contribution in [-0.2, 0) is 30.6 Å². The number of carbonyl (C=O) groups is 2. The summed E-state index contributed by atoms with van der Waals surface area (Å²) in [6.45, 7) is 3.32. The summed E-state index contributed by atoms with van der Waals surface area (Å²) in [5.74, 6) is -1.05. The first kappa shape index (κ1) is 15.1. The van der Waals surface area contributed by atoms with E-state index in [-0.39, 0.29) is 18.9 Å². The zero-order chi connectivity index (χ0) is 16.3. The van der Waals surface area contributed by atoms with Gasteiger partial charge < -0.3 is 14.1 Å². The van der Waals surface area contributed by atoms with E-state index in [9.17, 15) is 18.0 Å². The van der Waals surface area contributed by atoms with Crippen LogP contribution in [0.3, 0.4) is 0 Å². The lowest BCUT2D eigenvalue weighted by Crippen LogP contribution is -2.58. The van der Waals surface area contributed by atoms with E-state index in [0.717, 1.165) is 10.6 Å². The molecule has 0 N–H and O–H groups in total. The zero-order valence-corrected chi connectivity index (χ0v) is 13.3. The van der Waals surface area contributed by atoms with E-state index in [4.69, 9.17) is 4.65 Å². The molecule has 0 aromatic carbocycles. The number of sulfone groups is 1. The van der Waals surface area contributed by atoms with Crippen molar-refractivity contribution in [1.29, 1.82) is 0 Å². The Balaban J connectivity index is 2.08. The summed E-state index contributed by atoms with van der Waals surface area (Å²) < 4.78 is 30.6. The van der Waals surface area contributed by atoms with Crippen molar-refractivity contribution in [3.63, 3.8) is 0 Å². The fourth-order valence-electron chi connectivity index (χ4n) is 3.30. The third-order valence-corrected chi connectivity index (χ3v) is 7.26. The van der Waals surface area contributed by atoms with Crippen LogP contribution in [0.25, 0.3) is 0 Å². The maximum Gasteiger partial charge on any atom is 0.326 e. The molecule has 3 heterocycles. The van der Waals surface area contributed by atoms with Crippen LogP contribution in [0.15, 0.2) is 12.5 Å². The average molecular weight is 325 g/mol. The molecule has 3 rings (SSSR count). The number of hydrogen-bond donors (Lipinski definition) is 0. The van der Waals surface area contributed by atoms with Crippen LogP contribution in [0.4, 0.5) is 0 Å². The number of fused-ring (bicyclic) bond motifs is 1. The Hall–Kier alpha value is -1.84. The molecule has 0 spiro atoms. The fraction of sp³-hybridized carbons (Fsp3) is 0.583. The van der Waals surface area contributed by atoms with Crippen LogP contribution in [0.1, 0.15) is 19.0 Å². The number of amides is 1. The first-order valence-electron chi connectivity index (χ1n) is 6.83. The van der Waals surface area contributed by atoms with Gasteiger partial charge in [0, 0.05) is 12.7 Å². The Morgan fingerprint density at radius 3 is 2.77 bits per heavy atom. The fourth-order valence-corrected chi connectivity index (χ4v) is 5.67. The summed E-state index contributed by atoms with van der Waals surface area (Å²) in [5.41, 5.74) is 0.743. The van der Waals surface area contributed by atoms with Gasteiger partial charge in [0.05, 0.1) is 18.4 Å². The number of hydrogen-bond acceptors (Lipinski definition) is 6. The van der Waals surface area contributed by atoms with Crippen molar-refractivity contribution in [2.45, 2.75) is 43.0 Å². The monoisotopic (exact) mass is 325 g/mol. The van der Waals surface area contributed by atoms with Crippen LogP contribution in [0, 0.1) is 6.92 Å². The highest BCUT2D eigenvalue weighted by atomic mass is 32.2. The predicted molar refractivity (Wildman–Crippen MR) is 78.0 cm³/mol. The highest BCUT2D eigenvalue weighted by molar-refractivity contribution is 7.93. The van der Waals surface area contributed by atoms with Crippen LogP contribution in [0.5, 0.6) is 0 Å². The highest BCUT2D eigenvalue weighted by Crippen LogP contribution is 2.47. The summed E-state index contributed by atoms with van der Waals surface area (Å²) >= 11 is 0. The largest absolute Gasteiger partial charge is 0.542 e. The lowest BCUT2D eigenvalue weighted by Gasteiger charge is -2.36. The molecule has 3 atom stereocenters. The lowest BCUT2D eigenvalue weighted by molar-refractivity contribution is -0.155. The molecular weight excluding hydrogens is 309 g/mol. The van der Waals surface area contributed by atoms with E-state index in [1.807, 2.05) is 0 Å². The van der Waals surface area contributed by atoms with Crippen LogP contribution in [0.2, 0.25) is 0 Å². The van der Waals surface area contributed by atoms with E-state index in [2.05, 4.69) is 4.98 Å². The van der Waals surface area contributed by atoms with E-state index in [1.165, 1.54) is 21.3 Å². The van der Waals surface area contributed by atoms with Crippen molar-refractivity contribution in [3.8, 4) is 0 Å². The van der Waals surface area contributed by atoms with Crippen LogP contribution >= 0.6 is 0 Å². The smallest absolute Gasteiger partial charge is 0.326 e. The second-order valence-corrected chi connectivity index (χ2v) is 8.50. The minimum absolute atomic E-state index is 0.0379. The number of imidazole rings is 1. The van der Waals surface area contributed by atoms with Crippen molar-refractivity contribution in [1.82, 2.24) is 14.5 Å². The molecule has 1 aromatic rings. The van der Waals surface area contributed by atoms with Crippen molar-refractivity contribution in [3.05, 3.63) is 18.2 Å². The Bertz CT molecular complexity index is 761. The van der Waals surface area contributed by atoms with E-state index in [1.54, 1.807) is 17.7 Å². The minimum Gasteiger partial charge on any atom is -0.542 e. The number of β-lactam (4-membered cyclic amide) rings is 1. The lowest BCUT2D eigenvalue weighted by atomic mass is 9.96. The number of aromatic nitrogens is 2. The van der Waals surface area contributed by atoms with E-state index < -0.39 is 32.0 Å². The third kappa shape index (κ3) is 1.76. The Kier molecular flexibility index (Phi) is 3.14. The number of rotatable bonds is 3. The Morgan fingerprint density at radius 2 is 2.27 bits per heavy atom. The predicted octanol–water partition coefficient (Wildman–Crippen LogP) is -1.60. The molecule has 2 aliphatic heterocycles. The topological polar surface area (TPSA) is 98.6 Å². The van der Waals surface area contributed by atoms with Gasteiger partial charge in [-0.15, -0.1) is 0 Å². The van der Waals surface area contributed by atoms with Crippen molar-refractivity contribution >= 4 is 29.8 Å². The van der Waals surface area contributed by atoms with Crippen molar-refractivity contribution in [2.24, 2.45) is 0 Å². The summed E-state index contributed by atoms with van der Waals surface area (Å²) in [4.78, 5) is 29.2. The van der Waals surface area contributed by atoms with Gasteiger partial charge in [0.1, 0.15) is 16.2 Å². The van der Waals surface area contributed by atoms with Crippen LogP contribution in [-0.4, -0.2) is 59.0 Å². The number of carbonyl (C=O) groups excluding carboxylic acids is 2. The van der Waals surface area contributed by atoms with E-state index >= 15 is 0 Å². The summed E-state index contributed by atoms with van der Waals surface area (Å²) in [6, 6.07) is -1.13. The van der Waals surface area contributed by atoms with Gasteiger partial charge in [-0.1, -0.05) is 0 Å². The first-order chi connectivity index (χ1) is 10.2. The molecule has 2 fully saturated rings.